The number of halogens is 4. The number of anilines is 1. The van der Waals surface area contributed by atoms with E-state index in [0.717, 1.165) is 6.20 Å². The van der Waals surface area contributed by atoms with Gasteiger partial charge in [-0.25, -0.2) is 14.8 Å². The zero-order valence-electron chi connectivity index (χ0n) is 14.3. The highest BCUT2D eigenvalue weighted by molar-refractivity contribution is 5.90. The summed E-state index contributed by atoms with van der Waals surface area (Å²) in [6.45, 7) is 0. The molecule has 1 saturated heterocycles. The van der Waals surface area contributed by atoms with Gasteiger partial charge in [-0.1, -0.05) is 0 Å². The molecule has 2 aromatic rings. The average molecular weight is 391 g/mol. The third-order valence-corrected chi connectivity index (χ3v) is 5.12. The van der Waals surface area contributed by atoms with E-state index >= 15 is 0 Å². The van der Waals surface area contributed by atoms with Crippen LogP contribution in [0.15, 0.2) is 24.5 Å². The Morgan fingerprint density at radius 1 is 1.32 bits per heavy atom. The largest absolute Gasteiger partial charge is 0.420 e. The number of pyridine rings is 2. The lowest BCUT2D eigenvalue weighted by Crippen LogP contribution is -2.44. The first-order valence-electron chi connectivity index (χ1n) is 8.49. The van der Waals surface area contributed by atoms with Crippen LogP contribution in [0.3, 0.4) is 0 Å². The first-order chi connectivity index (χ1) is 13.3. The summed E-state index contributed by atoms with van der Waals surface area (Å²) in [5.41, 5.74) is -0.382. The second kappa shape index (κ2) is 6.44. The number of alkyl halides is 3. The molecule has 2 unspecified atom stereocenters. The molecule has 0 radical (unpaired) electrons. The van der Waals surface area contributed by atoms with Crippen LogP contribution in [-0.2, 0) is 12.6 Å². The Morgan fingerprint density at radius 3 is 2.82 bits per heavy atom. The predicted octanol–water partition coefficient (Wildman–Crippen LogP) is 3.80. The minimum absolute atomic E-state index is 0.256. The number of nitrogens with zero attached hydrogens (tertiary/aromatic N) is 4. The first-order valence-corrected chi connectivity index (χ1v) is 8.49. The Bertz CT molecular complexity index is 1000. The van der Waals surface area contributed by atoms with Crippen LogP contribution in [0.5, 0.6) is 0 Å². The minimum atomic E-state index is -4.79. The van der Waals surface area contributed by atoms with Crippen LogP contribution in [0.4, 0.5) is 28.2 Å². The highest BCUT2D eigenvalue weighted by Gasteiger charge is 2.44. The van der Waals surface area contributed by atoms with E-state index in [1.54, 1.807) is 12.1 Å². The van der Waals surface area contributed by atoms with Crippen molar-refractivity contribution < 1.29 is 22.4 Å². The van der Waals surface area contributed by atoms with Crippen molar-refractivity contribution in [3.63, 3.8) is 0 Å². The molecule has 0 spiro atoms. The summed E-state index contributed by atoms with van der Waals surface area (Å²) in [4.78, 5) is 21.5. The average Bonchev–Trinajstić information content (AvgIpc) is 2.97. The second-order valence-electron chi connectivity index (χ2n) is 6.69. The third-order valence-electron chi connectivity index (χ3n) is 5.12. The van der Waals surface area contributed by atoms with Crippen LogP contribution in [0.1, 0.15) is 41.1 Å². The summed E-state index contributed by atoms with van der Waals surface area (Å²) in [6, 6.07) is 2.37. The predicted molar refractivity (Wildman–Crippen MR) is 88.5 cm³/mol. The number of urea groups is 1. The molecular weight excluding hydrogens is 378 g/mol. The number of nitrogens with one attached hydrogen (secondary N) is 1. The van der Waals surface area contributed by atoms with Crippen LogP contribution in [-0.4, -0.2) is 26.9 Å². The Hall–Kier alpha value is -3.22. The van der Waals surface area contributed by atoms with Gasteiger partial charge in [-0.2, -0.15) is 22.8 Å². The van der Waals surface area contributed by atoms with Gasteiger partial charge in [0.25, 0.3) is 0 Å². The van der Waals surface area contributed by atoms with Gasteiger partial charge in [0.15, 0.2) is 0 Å². The van der Waals surface area contributed by atoms with Crippen LogP contribution in [0, 0.1) is 17.3 Å². The van der Waals surface area contributed by atoms with Crippen LogP contribution in [0.25, 0.3) is 0 Å². The van der Waals surface area contributed by atoms with Gasteiger partial charge in [-0.3, -0.25) is 5.32 Å². The van der Waals surface area contributed by atoms with Gasteiger partial charge >= 0.3 is 12.2 Å². The molecule has 28 heavy (non-hydrogen) atoms. The van der Waals surface area contributed by atoms with Gasteiger partial charge in [0.1, 0.15) is 11.9 Å². The topological polar surface area (TPSA) is 81.9 Å². The number of fused-ring (bicyclic) bond motifs is 4. The number of carbonyl (C=O) groups excluding carboxylic acids is 1. The quantitative estimate of drug-likeness (QED) is 0.592. The van der Waals surface area contributed by atoms with Gasteiger partial charge in [-0.05, 0) is 37.0 Å². The second-order valence-corrected chi connectivity index (χ2v) is 6.69. The summed E-state index contributed by atoms with van der Waals surface area (Å²) >= 11 is 0. The molecule has 2 atom stereocenters. The SMILES string of the molecule is N#Cc1cnc(NC(=O)N2C3CCC2c2ccnc(F)c2C3)c(C(F)(F)F)c1. The number of carbonyl (C=O) groups is 1. The number of hydrogen-bond donors (Lipinski definition) is 1. The molecule has 2 bridgehead atoms. The molecule has 144 valence electrons. The van der Waals surface area contributed by atoms with Crippen LogP contribution < -0.4 is 5.32 Å². The van der Waals surface area contributed by atoms with Crippen molar-refractivity contribution in [2.45, 2.75) is 37.5 Å². The molecule has 6 nitrogen and oxygen atoms in total. The number of rotatable bonds is 1. The maximum absolute atomic E-state index is 14.0. The fourth-order valence-electron chi connectivity index (χ4n) is 3.93. The molecule has 1 fully saturated rings. The normalized spacial score (nSPS) is 20.5. The number of amides is 2. The number of hydrogen-bond acceptors (Lipinski definition) is 4. The van der Waals surface area contributed by atoms with Crippen molar-refractivity contribution in [2.75, 3.05) is 5.32 Å². The van der Waals surface area contributed by atoms with E-state index in [0.29, 0.717) is 30.0 Å². The summed E-state index contributed by atoms with van der Waals surface area (Å²) < 4.78 is 53.9. The smallest absolute Gasteiger partial charge is 0.314 e. The zero-order chi connectivity index (χ0) is 20.1. The molecule has 2 aliphatic heterocycles. The minimum Gasteiger partial charge on any atom is -0.314 e. The molecule has 2 aromatic heterocycles. The maximum Gasteiger partial charge on any atom is 0.420 e. The van der Waals surface area contributed by atoms with Gasteiger partial charge in [0.05, 0.1) is 17.2 Å². The van der Waals surface area contributed by atoms with Crippen molar-refractivity contribution in [3.8, 4) is 6.07 Å². The van der Waals surface area contributed by atoms with Crippen LogP contribution >= 0.6 is 0 Å². The summed E-state index contributed by atoms with van der Waals surface area (Å²) in [5, 5.41) is 11.0. The Morgan fingerprint density at radius 2 is 2.11 bits per heavy atom. The Balaban J connectivity index is 1.65. The van der Waals surface area contributed by atoms with Crippen molar-refractivity contribution in [1.82, 2.24) is 14.9 Å². The Labute approximate surface area is 156 Å². The molecule has 0 aliphatic carbocycles. The summed E-state index contributed by atoms with van der Waals surface area (Å²) in [6.07, 6.45) is -1.06. The number of nitriles is 1. The highest BCUT2D eigenvalue weighted by Crippen LogP contribution is 2.44. The number of aromatic nitrogens is 2. The standard InChI is InChI=1S/C18H13F4N5O/c19-15-12-6-10-1-2-14(11(12)3-4-24-15)27(10)17(28)26-16-13(18(20,21)22)5-9(7-23)8-25-16/h3-5,8,10,14H,1-2,6H2,(H,25,26,28). The van der Waals surface area contributed by atoms with Gasteiger partial charge in [-0.15, -0.1) is 0 Å². The van der Waals surface area contributed by atoms with E-state index in [-0.39, 0.29) is 18.0 Å². The monoisotopic (exact) mass is 391 g/mol. The van der Waals surface area contributed by atoms with Crippen molar-refractivity contribution in [1.29, 1.82) is 5.26 Å². The van der Waals surface area contributed by atoms with E-state index in [1.807, 2.05) is 0 Å². The first kappa shape index (κ1) is 18.2. The summed E-state index contributed by atoms with van der Waals surface area (Å²) in [5.74, 6) is -1.25. The lowest BCUT2D eigenvalue weighted by Gasteiger charge is -2.36. The lowest BCUT2D eigenvalue weighted by molar-refractivity contribution is -0.137. The molecule has 2 amide bonds. The molecule has 4 rings (SSSR count). The van der Waals surface area contributed by atoms with Gasteiger partial charge in [0, 0.05) is 24.0 Å². The molecular formula is C18H13F4N5O. The maximum atomic E-state index is 14.0. The van der Waals surface area contributed by atoms with Gasteiger partial charge in [0.2, 0.25) is 5.95 Å². The zero-order valence-corrected chi connectivity index (χ0v) is 14.3. The highest BCUT2D eigenvalue weighted by atomic mass is 19.4. The lowest BCUT2D eigenvalue weighted by atomic mass is 9.95. The summed E-state index contributed by atoms with van der Waals surface area (Å²) in [7, 11) is 0. The molecule has 10 heteroatoms. The van der Waals surface area contributed by atoms with E-state index < -0.39 is 35.6 Å². The fraction of sp³-hybridized carbons (Fsp3) is 0.333. The Kier molecular flexibility index (Phi) is 4.18. The van der Waals surface area contributed by atoms with Crippen molar-refractivity contribution >= 4 is 11.8 Å². The fourth-order valence-corrected chi connectivity index (χ4v) is 3.93. The van der Waals surface area contributed by atoms with E-state index in [4.69, 9.17) is 5.26 Å². The van der Waals surface area contributed by atoms with E-state index in [1.165, 1.54) is 11.1 Å². The van der Waals surface area contributed by atoms with E-state index in [2.05, 4.69) is 15.3 Å². The third kappa shape index (κ3) is 2.93. The molecule has 0 aromatic carbocycles. The van der Waals surface area contributed by atoms with Crippen molar-refractivity contribution in [2.24, 2.45) is 0 Å². The van der Waals surface area contributed by atoms with Crippen molar-refractivity contribution in [3.05, 3.63) is 52.7 Å². The van der Waals surface area contributed by atoms with E-state index in [9.17, 15) is 22.4 Å². The molecule has 0 saturated carbocycles. The van der Waals surface area contributed by atoms with Crippen LogP contribution in [0.2, 0.25) is 0 Å². The molecule has 2 aliphatic rings. The molecule has 4 heterocycles. The molecule has 1 N–H and O–H groups in total. The van der Waals surface area contributed by atoms with Gasteiger partial charge < -0.3 is 4.90 Å².